The molecule has 1 aromatic heterocycles. The van der Waals surface area contributed by atoms with Crippen LogP contribution in [0, 0.1) is 0 Å². The van der Waals surface area contributed by atoms with E-state index in [1.807, 2.05) is 17.8 Å². The molecule has 0 spiro atoms. The number of benzene rings is 7. The van der Waals surface area contributed by atoms with Gasteiger partial charge < -0.3 is 13.7 Å². The standard InChI is InChI=1S/C60H45NO2S/c1-2-3-15-41-34-42-16-7-8-20-47(42)51-37-57-58(38-52(51)49-22-10-9-19-46(41)49)63-56-36-40(28-32-55(56)62-57)39-26-30-45(31-27-39)61(44-17-5-4-6-18-44)54-24-13-11-21-48(54)43-29-33-60-53(35-43)50-23-12-14-25-59(50)64-60/h3-12,14-23,25-38,50,59H,2,13,24H2,1H3/b15-3-,41-34?,42-34?,46-41?,51-47?,52-49?. The van der Waals surface area contributed by atoms with Crippen molar-refractivity contribution in [3.8, 4) is 11.1 Å². The maximum absolute atomic E-state index is 6.80. The molecule has 64 heavy (non-hydrogen) atoms. The van der Waals surface area contributed by atoms with Crippen LogP contribution < -0.4 is 4.90 Å². The minimum Gasteiger partial charge on any atom is -0.449 e. The first-order valence-corrected chi connectivity index (χ1v) is 23.3. The van der Waals surface area contributed by atoms with Crippen LogP contribution in [0.1, 0.15) is 48.8 Å². The normalized spacial score (nSPS) is 16.7. The van der Waals surface area contributed by atoms with Gasteiger partial charge in [0.2, 0.25) is 0 Å². The molecule has 3 nitrogen and oxygen atoms in total. The van der Waals surface area contributed by atoms with Crippen LogP contribution in [0.5, 0.6) is 0 Å². The molecule has 0 amide bonds. The second kappa shape index (κ2) is 16.1. The topological polar surface area (TPSA) is 29.5 Å². The lowest BCUT2D eigenvalue weighted by atomic mass is 9.88. The number of hydrogen-bond donors (Lipinski definition) is 0. The zero-order valence-corrected chi connectivity index (χ0v) is 36.4. The molecule has 0 radical (unpaired) electrons. The molecule has 4 heteroatoms. The number of hydrogen-bond acceptors (Lipinski definition) is 4. The second-order valence-electron chi connectivity index (χ2n) is 16.9. The van der Waals surface area contributed by atoms with E-state index in [9.17, 15) is 0 Å². The zero-order chi connectivity index (χ0) is 42.6. The molecule has 12 rings (SSSR count). The fourth-order valence-electron chi connectivity index (χ4n) is 9.92. The molecule has 2 atom stereocenters. The molecule has 2 aliphatic carbocycles. The van der Waals surface area contributed by atoms with Crippen LogP contribution >= 0.6 is 11.8 Å². The molecule has 8 aromatic carbocycles. The summed E-state index contributed by atoms with van der Waals surface area (Å²) in [6.07, 6.45) is 21.2. The monoisotopic (exact) mass is 843 g/mol. The van der Waals surface area contributed by atoms with Crippen molar-refractivity contribution < 1.29 is 8.83 Å². The maximum atomic E-state index is 6.80. The number of rotatable bonds is 7. The van der Waals surface area contributed by atoms with E-state index in [0.717, 1.165) is 52.5 Å². The number of anilines is 2. The SMILES string of the molecule is CC/C=C\c1cc2ccccc2c2cc3oc4ccc(-c5ccc(N(C6=C(c7ccc8c(c7)C7C=CC=CC7S8)C=CCC6)c6ccccc6)cc5)cc4oc3cc2c2ccccc12. The predicted molar refractivity (Wildman–Crippen MR) is 272 cm³/mol. The Morgan fingerprint density at radius 1 is 0.594 bits per heavy atom. The molecule has 0 saturated carbocycles. The summed E-state index contributed by atoms with van der Waals surface area (Å²) in [6.45, 7) is 2.18. The van der Waals surface area contributed by atoms with Crippen molar-refractivity contribution in [2.24, 2.45) is 0 Å². The number of thioether (sulfide) groups is 1. The molecule has 0 saturated heterocycles. The Kier molecular flexibility index (Phi) is 9.68. The van der Waals surface area contributed by atoms with Gasteiger partial charge in [-0.1, -0.05) is 147 Å². The van der Waals surface area contributed by atoms with Gasteiger partial charge in [0.25, 0.3) is 0 Å². The highest BCUT2D eigenvalue weighted by Crippen LogP contribution is 2.49. The van der Waals surface area contributed by atoms with E-state index in [2.05, 4.69) is 212 Å². The van der Waals surface area contributed by atoms with E-state index >= 15 is 0 Å². The molecule has 0 N–H and O–H groups in total. The molecular weight excluding hydrogens is 799 g/mol. The molecule has 2 unspecified atom stereocenters. The van der Waals surface area contributed by atoms with Crippen LogP contribution in [0.25, 0.3) is 77.4 Å². The highest BCUT2D eigenvalue weighted by molar-refractivity contribution is 8.00. The van der Waals surface area contributed by atoms with E-state index < -0.39 is 0 Å². The summed E-state index contributed by atoms with van der Waals surface area (Å²) in [7, 11) is 0. The summed E-state index contributed by atoms with van der Waals surface area (Å²) in [5.41, 5.74) is 13.8. The van der Waals surface area contributed by atoms with E-state index in [0.29, 0.717) is 33.5 Å². The van der Waals surface area contributed by atoms with Gasteiger partial charge in [0.1, 0.15) is 0 Å². The summed E-state index contributed by atoms with van der Waals surface area (Å²) >= 11 is 1.98. The first-order chi connectivity index (χ1) is 31.7. The Labute approximate surface area is 377 Å². The third-order valence-corrected chi connectivity index (χ3v) is 14.4. The third kappa shape index (κ3) is 6.77. The Hall–Kier alpha value is -7.27. The van der Waals surface area contributed by atoms with Crippen molar-refractivity contribution in [2.75, 3.05) is 4.90 Å². The first-order valence-electron chi connectivity index (χ1n) is 22.4. The zero-order valence-electron chi connectivity index (χ0n) is 35.6. The van der Waals surface area contributed by atoms with E-state index in [4.69, 9.17) is 8.83 Å². The van der Waals surface area contributed by atoms with Gasteiger partial charge in [0, 0.05) is 38.7 Å². The van der Waals surface area contributed by atoms with Gasteiger partial charge >= 0.3 is 0 Å². The molecule has 9 aromatic rings. The molecule has 3 aliphatic rings. The van der Waals surface area contributed by atoms with Gasteiger partial charge in [-0.2, -0.15) is 0 Å². The van der Waals surface area contributed by atoms with Gasteiger partial charge in [-0.3, -0.25) is 0 Å². The number of nitrogens with zero attached hydrogens (tertiary/aromatic N) is 1. The molecule has 308 valence electrons. The largest absolute Gasteiger partial charge is 0.449 e. The molecule has 1 aliphatic heterocycles. The fraction of sp³-hybridized carbons (Fsp3) is 0.100. The summed E-state index contributed by atoms with van der Waals surface area (Å²) in [5, 5.41) is 7.42. The van der Waals surface area contributed by atoms with Crippen molar-refractivity contribution >= 4 is 89.4 Å². The average Bonchev–Trinajstić information content (AvgIpc) is 3.73. The lowest BCUT2D eigenvalue weighted by Crippen LogP contribution is -2.19. The van der Waals surface area contributed by atoms with Gasteiger partial charge in [0.05, 0.1) is 0 Å². The second-order valence-corrected chi connectivity index (χ2v) is 18.1. The Bertz CT molecular complexity index is 3520. The summed E-state index contributed by atoms with van der Waals surface area (Å²) < 4.78 is 13.5. The van der Waals surface area contributed by atoms with Crippen LogP contribution in [-0.2, 0) is 0 Å². The van der Waals surface area contributed by atoms with Gasteiger partial charge in [-0.15, -0.1) is 11.8 Å². The van der Waals surface area contributed by atoms with Gasteiger partial charge in [0.15, 0.2) is 22.3 Å². The number of allylic oxidation sites excluding steroid dienone is 8. The van der Waals surface area contributed by atoms with Crippen molar-refractivity contribution in [3.05, 3.63) is 223 Å². The lowest BCUT2D eigenvalue weighted by molar-refractivity contribution is 0.583. The van der Waals surface area contributed by atoms with E-state index in [-0.39, 0.29) is 0 Å². The van der Waals surface area contributed by atoms with Gasteiger partial charge in [-0.05, 0) is 146 Å². The lowest BCUT2D eigenvalue weighted by Gasteiger charge is -2.31. The molecule has 0 fully saturated rings. The Morgan fingerprint density at radius 2 is 1.28 bits per heavy atom. The van der Waals surface area contributed by atoms with Crippen molar-refractivity contribution in [1.82, 2.24) is 0 Å². The quantitative estimate of drug-likeness (QED) is 0.150. The minimum atomic E-state index is 0.420. The first kappa shape index (κ1) is 38.4. The fourth-order valence-corrected chi connectivity index (χ4v) is 11.2. The van der Waals surface area contributed by atoms with Crippen LogP contribution in [0.15, 0.2) is 220 Å². The average molecular weight is 844 g/mol. The van der Waals surface area contributed by atoms with E-state index in [1.54, 1.807) is 0 Å². The van der Waals surface area contributed by atoms with Crippen LogP contribution in [0.2, 0.25) is 0 Å². The highest BCUT2D eigenvalue weighted by Gasteiger charge is 2.32. The highest BCUT2D eigenvalue weighted by atomic mass is 32.2. The molecular formula is C60H45NO2S. The number of fused-ring (bicyclic) bond motifs is 10. The van der Waals surface area contributed by atoms with E-state index in [1.165, 1.54) is 54.4 Å². The van der Waals surface area contributed by atoms with Crippen LogP contribution in [0.3, 0.4) is 0 Å². The smallest absolute Gasteiger partial charge is 0.170 e. The van der Waals surface area contributed by atoms with Crippen molar-refractivity contribution in [3.63, 3.8) is 0 Å². The number of para-hydroxylation sites is 1. The Balaban J connectivity index is 0.948. The maximum Gasteiger partial charge on any atom is 0.170 e. The molecule has 0 bridgehead atoms. The summed E-state index contributed by atoms with van der Waals surface area (Å²) in [4.78, 5) is 3.85. The van der Waals surface area contributed by atoms with Crippen molar-refractivity contribution in [2.45, 2.75) is 42.2 Å². The minimum absolute atomic E-state index is 0.420. The molecule has 2 heterocycles. The van der Waals surface area contributed by atoms with Gasteiger partial charge in [-0.25, -0.2) is 0 Å². The van der Waals surface area contributed by atoms with Crippen LogP contribution in [-0.4, -0.2) is 5.25 Å². The van der Waals surface area contributed by atoms with Crippen LogP contribution in [0.4, 0.5) is 11.4 Å². The Morgan fingerprint density at radius 3 is 2.12 bits per heavy atom. The third-order valence-electron chi connectivity index (χ3n) is 13.0. The van der Waals surface area contributed by atoms with Crippen molar-refractivity contribution in [1.29, 1.82) is 0 Å². The summed E-state index contributed by atoms with van der Waals surface area (Å²) in [5.74, 6) is 0.420. The summed E-state index contributed by atoms with van der Waals surface area (Å²) in [6, 6.07) is 57.1. The predicted octanol–water partition coefficient (Wildman–Crippen LogP) is 17.4.